The summed E-state index contributed by atoms with van der Waals surface area (Å²) in [6.45, 7) is 0. The lowest BCUT2D eigenvalue weighted by Crippen LogP contribution is -1.97. The van der Waals surface area contributed by atoms with E-state index in [1.165, 1.54) is 0 Å². The van der Waals surface area contributed by atoms with Crippen LogP contribution in [0, 0.1) is 0 Å². The Morgan fingerprint density at radius 3 is 2.65 bits per heavy atom. The highest BCUT2D eigenvalue weighted by Crippen LogP contribution is 2.29. The first-order valence-corrected chi connectivity index (χ1v) is 5.81. The molecule has 0 aliphatic heterocycles. The fourth-order valence-corrected chi connectivity index (χ4v) is 2.03. The molecular formula is C12H8BrN3O. The highest BCUT2D eigenvalue weighted by Gasteiger charge is 2.11. The monoisotopic (exact) mass is 289 g/mol. The lowest BCUT2D eigenvalue weighted by Gasteiger charge is -2.03. The number of nitrogens with two attached hydrogens (primary N) is 1. The van der Waals surface area contributed by atoms with Crippen LogP contribution in [0.5, 0.6) is 0 Å². The van der Waals surface area contributed by atoms with Gasteiger partial charge < -0.3 is 10.2 Å². The molecule has 84 valence electrons. The van der Waals surface area contributed by atoms with Crippen LogP contribution in [-0.4, -0.2) is 9.97 Å². The van der Waals surface area contributed by atoms with Gasteiger partial charge in [-0.1, -0.05) is 18.2 Å². The van der Waals surface area contributed by atoms with E-state index in [2.05, 4.69) is 25.9 Å². The number of anilines is 1. The highest BCUT2D eigenvalue weighted by molar-refractivity contribution is 9.10. The second-order valence-electron chi connectivity index (χ2n) is 3.55. The minimum atomic E-state index is 0.242. The van der Waals surface area contributed by atoms with Crippen LogP contribution >= 0.6 is 15.9 Å². The van der Waals surface area contributed by atoms with Crippen molar-refractivity contribution in [2.24, 2.45) is 0 Å². The third kappa shape index (κ3) is 1.78. The first-order chi connectivity index (χ1) is 8.24. The molecule has 5 heteroatoms. The van der Waals surface area contributed by atoms with Gasteiger partial charge in [-0.15, -0.1) is 0 Å². The van der Waals surface area contributed by atoms with Gasteiger partial charge >= 0.3 is 0 Å². The molecule has 4 nitrogen and oxygen atoms in total. The Balaban J connectivity index is 2.35. The molecule has 2 N–H and O–H groups in total. The summed E-state index contributed by atoms with van der Waals surface area (Å²) in [6.07, 6.45) is 0. The average Bonchev–Trinajstić information content (AvgIpc) is 2.74. The molecule has 0 bridgehead atoms. The van der Waals surface area contributed by atoms with Gasteiger partial charge in [-0.05, 0) is 34.1 Å². The molecule has 2 aromatic heterocycles. The van der Waals surface area contributed by atoms with Crippen LogP contribution in [0.2, 0.25) is 0 Å². The maximum Gasteiger partial charge on any atom is 0.221 e. The summed E-state index contributed by atoms with van der Waals surface area (Å²) in [4.78, 5) is 8.42. The number of nitrogens with zero attached hydrogens (tertiary/aromatic N) is 2. The Hall–Kier alpha value is -1.88. The Kier molecular flexibility index (Phi) is 2.33. The maximum atomic E-state index is 5.69. The second kappa shape index (κ2) is 3.85. The van der Waals surface area contributed by atoms with Crippen LogP contribution in [0.1, 0.15) is 0 Å². The van der Waals surface area contributed by atoms with Crippen molar-refractivity contribution in [2.75, 3.05) is 5.73 Å². The predicted molar refractivity (Wildman–Crippen MR) is 69.4 cm³/mol. The van der Waals surface area contributed by atoms with Gasteiger partial charge in [-0.3, -0.25) is 0 Å². The number of nitrogen functional groups attached to an aromatic ring is 1. The van der Waals surface area contributed by atoms with Crippen molar-refractivity contribution in [1.82, 2.24) is 9.97 Å². The zero-order valence-corrected chi connectivity index (χ0v) is 10.3. The number of para-hydroxylation sites is 1. The molecule has 0 aliphatic rings. The molecule has 0 saturated carbocycles. The molecular weight excluding hydrogens is 282 g/mol. The molecule has 0 atom stereocenters. The number of aromatic nitrogens is 2. The molecule has 0 amide bonds. The van der Waals surface area contributed by atoms with E-state index in [4.69, 9.17) is 10.2 Å². The molecule has 3 aromatic rings. The maximum absolute atomic E-state index is 5.69. The van der Waals surface area contributed by atoms with Crippen molar-refractivity contribution >= 4 is 32.8 Å². The summed E-state index contributed by atoms with van der Waals surface area (Å²) in [6, 6.07) is 11.4. The number of furan rings is 1. The summed E-state index contributed by atoms with van der Waals surface area (Å²) in [5.74, 6) is 0.911. The third-order valence-corrected chi connectivity index (χ3v) is 2.85. The van der Waals surface area contributed by atoms with Gasteiger partial charge in [-0.25, -0.2) is 9.97 Å². The summed E-state index contributed by atoms with van der Waals surface area (Å²) >= 11 is 3.27. The van der Waals surface area contributed by atoms with E-state index in [0.717, 1.165) is 10.9 Å². The van der Waals surface area contributed by atoms with Gasteiger partial charge in [0.05, 0.1) is 5.52 Å². The quantitative estimate of drug-likeness (QED) is 0.747. The van der Waals surface area contributed by atoms with E-state index >= 15 is 0 Å². The number of fused-ring (bicyclic) bond motifs is 1. The third-order valence-electron chi connectivity index (χ3n) is 2.43. The largest absolute Gasteiger partial charge is 0.448 e. The van der Waals surface area contributed by atoms with Crippen molar-refractivity contribution < 1.29 is 4.42 Å². The van der Waals surface area contributed by atoms with E-state index in [9.17, 15) is 0 Å². The first-order valence-electron chi connectivity index (χ1n) is 5.02. The Labute approximate surface area is 106 Å². The number of hydrogen-bond acceptors (Lipinski definition) is 4. The minimum Gasteiger partial charge on any atom is -0.448 e. The lowest BCUT2D eigenvalue weighted by molar-refractivity contribution is 0.554. The molecule has 17 heavy (non-hydrogen) atoms. The van der Waals surface area contributed by atoms with E-state index in [-0.39, 0.29) is 5.95 Å². The van der Waals surface area contributed by atoms with E-state index in [1.54, 1.807) is 0 Å². The van der Waals surface area contributed by atoms with E-state index in [1.807, 2.05) is 36.4 Å². The van der Waals surface area contributed by atoms with E-state index < -0.39 is 0 Å². The lowest BCUT2D eigenvalue weighted by atomic mass is 10.1. The Morgan fingerprint density at radius 1 is 1.06 bits per heavy atom. The highest BCUT2D eigenvalue weighted by atomic mass is 79.9. The van der Waals surface area contributed by atoms with Gasteiger partial charge in [0.15, 0.2) is 10.4 Å². The van der Waals surface area contributed by atoms with Crippen molar-refractivity contribution in [1.29, 1.82) is 0 Å². The Morgan fingerprint density at radius 2 is 1.88 bits per heavy atom. The molecule has 1 aromatic carbocycles. The zero-order valence-electron chi connectivity index (χ0n) is 8.72. The fourth-order valence-electron chi connectivity index (χ4n) is 1.72. The first kappa shape index (κ1) is 10.3. The topological polar surface area (TPSA) is 64.9 Å². The average molecular weight is 290 g/mol. The molecule has 0 radical (unpaired) electrons. The molecule has 0 aliphatic carbocycles. The predicted octanol–water partition coefficient (Wildman–Crippen LogP) is 3.23. The Bertz CT molecular complexity index is 693. The smallest absolute Gasteiger partial charge is 0.221 e. The van der Waals surface area contributed by atoms with Gasteiger partial charge in [0, 0.05) is 5.39 Å². The number of halogens is 1. The van der Waals surface area contributed by atoms with Crippen molar-refractivity contribution in [3.63, 3.8) is 0 Å². The molecule has 0 unspecified atom stereocenters. The minimum absolute atomic E-state index is 0.242. The van der Waals surface area contributed by atoms with Crippen LogP contribution in [0.25, 0.3) is 22.4 Å². The van der Waals surface area contributed by atoms with Crippen LogP contribution in [0.3, 0.4) is 0 Å². The van der Waals surface area contributed by atoms with Crippen LogP contribution < -0.4 is 5.73 Å². The molecule has 3 rings (SSSR count). The van der Waals surface area contributed by atoms with Gasteiger partial charge in [0.2, 0.25) is 5.95 Å². The fraction of sp³-hybridized carbons (Fsp3) is 0. The zero-order chi connectivity index (χ0) is 11.8. The van der Waals surface area contributed by atoms with Crippen molar-refractivity contribution in [2.45, 2.75) is 0 Å². The summed E-state index contributed by atoms with van der Waals surface area (Å²) in [5.41, 5.74) is 7.21. The number of hydrogen-bond donors (Lipinski definition) is 1. The van der Waals surface area contributed by atoms with Crippen molar-refractivity contribution in [3.8, 4) is 11.5 Å². The number of rotatable bonds is 1. The summed E-state index contributed by atoms with van der Waals surface area (Å²) < 4.78 is 6.16. The van der Waals surface area contributed by atoms with Gasteiger partial charge in [0.1, 0.15) is 5.69 Å². The normalized spacial score (nSPS) is 10.9. The van der Waals surface area contributed by atoms with Crippen molar-refractivity contribution in [3.05, 3.63) is 41.1 Å². The molecule has 0 saturated heterocycles. The standard InChI is InChI=1S/C12H8BrN3O/c13-10-6-5-9(17-10)11-7-3-1-2-4-8(7)15-12(14)16-11/h1-6H,(H2,14,15,16). The second-order valence-corrected chi connectivity index (χ2v) is 4.33. The van der Waals surface area contributed by atoms with Gasteiger partial charge in [-0.2, -0.15) is 0 Å². The number of benzene rings is 1. The summed E-state index contributed by atoms with van der Waals surface area (Å²) in [7, 11) is 0. The van der Waals surface area contributed by atoms with E-state index in [0.29, 0.717) is 16.1 Å². The van der Waals surface area contributed by atoms with Crippen LogP contribution in [0.4, 0.5) is 5.95 Å². The summed E-state index contributed by atoms with van der Waals surface area (Å²) in [5, 5.41) is 0.920. The SMILES string of the molecule is Nc1nc(-c2ccc(Br)o2)c2ccccc2n1. The van der Waals surface area contributed by atoms with Crippen LogP contribution in [0.15, 0.2) is 45.5 Å². The molecule has 2 heterocycles. The molecule has 0 spiro atoms. The molecule has 0 fully saturated rings. The van der Waals surface area contributed by atoms with Gasteiger partial charge in [0.25, 0.3) is 0 Å². The van der Waals surface area contributed by atoms with Crippen LogP contribution in [-0.2, 0) is 0 Å².